The number of aromatic nitrogens is 2. The maximum absolute atomic E-state index is 11.0. The second kappa shape index (κ2) is 6.04. The molecule has 1 aromatic heterocycles. The molecule has 2 aromatic carbocycles. The molecular formula is C18H17N3O2. The maximum atomic E-state index is 11.0. The molecule has 23 heavy (non-hydrogen) atoms. The first-order chi connectivity index (χ1) is 11.1. The lowest BCUT2D eigenvalue weighted by atomic mass is 10.0. The minimum Gasteiger partial charge on any atom is -0.265 e. The van der Waals surface area contributed by atoms with E-state index in [9.17, 15) is 10.1 Å². The molecule has 0 saturated heterocycles. The zero-order valence-corrected chi connectivity index (χ0v) is 13.1. The smallest absolute Gasteiger partial charge is 0.265 e. The van der Waals surface area contributed by atoms with Crippen LogP contribution in [0.4, 0.5) is 5.69 Å². The van der Waals surface area contributed by atoms with Crippen molar-refractivity contribution in [1.29, 1.82) is 0 Å². The standard InChI is InChI=1S/C18H17N3O2/c1-13-18(16-9-6-10-17(11-16)21(22)23)14(2)20(19-13)12-15-7-4-3-5-8-15/h3-11H,12H2,1-2H3. The van der Waals surface area contributed by atoms with Crippen LogP contribution in [0.25, 0.3) is 11.1 Å². The molecule has 0 amide bonds. The van der Waals surface area contributed by atoms with Crippen molar-refractivity contribution in [2.45, 2.75) is 20.4 Å². The van der Waals surface area contributed by atoms with Crippen LogP contribution in [0.3, 0.4) is 0 Å². The summed E-state index contributed by atoms with van der Waals surface area (Å²) in [6.07, 6.45) is 0. The van der Waals surface area contributed by atoms with E-state index in [-0.39, 0.29) is 10.6 Å². The fourth-order valence-electron chi connectivity index (χ4n) is 2.80. The lowest BCUT2D eigenvalue weighted by molar-refractivity contribution is -0.384. The first-order valence-corrected chi connectivity index (χ1v) is 7.39. The van der Waals surface area contributed by atoms with E-state index in [0.717, 1.165) is 22.5 Å². The Balaban J connectivity index is 2.01. The predicted molar refractivity (Wildman–Crippen MR) is 89.3 cm³/mol. The summed E-state index contributed by atoms with van der Waals surface area (Å²) in [5.74, 6) is 0. The summed E-state index contributed by atoms with van der Waals surface area (Å²) in [6.45, 7) is 4.61. The summed E-state index contributed by atoms with van der Waals surface area (Å²) in [5.41, 5.74) is 4.93. The molecule has 0 aliphatic heterocycles. The van der Waals surface area contributed by atoms with Crippen molar-refractivity contribution in [3.63, 3.8) is 0 Å². The molecule has 3 rings (SSSR count). The average Bonchev–Trinajstić information content (AvgIpc) is 2.82. The van der Waals surface area contributed by atoms with Crippen LogP contribution in [0.5, 0.6) is 0 Å². The van der Waals surface area contributed by atoms with E-state index < -0.39 is 0 Å². The summed E-state index contributed by atoms with van der Waals surface area (Å²) in [4.78, 5) is 10.6. The number of hydrogen-bond donors (Lipinski definition) is 0. The zero-order valence-electron chi connectivity index (χ0n) is 13.1. The van der Waals surface area contributed by atoms with E-state index >= 15 is 0 Å². The molecule has 0 radical (unpaired) electrons. The first kappa shape index (κ1) is 15.0. The highest BCUT2D eigenvalue weighted by Crippen LogP contribution is 2.29. The molecule has 0 aliphatic carbocycles. The average molecular weight is 307 g/mol. The van der Waals surface area contributed by atoms with E-state index in [1.54, 1.807) is 12.1 Å². The van der Waals surface area contributed by atoms with Gasteiger partial charge in [-0.05, 0) is 25.0 Å². The Bertz CT molecular complexity index is 854. The molecule has 0 unspecified atom stereocenters. The van der Waals surface area contributed by atoms with E-state index in [0.29, 0.717) is 6.54 Å². The largest absolute Gasteiger partial charge is 0.270 e. The fraction of sp³-hybridized carbons (Fsp3) is 0.167. The third-order valence-corrected chi connectivity index (χ3v) is 3.90. The minimum atomic E-state index is -0.372. The van der Waals surface area contributed by atoms with Gasteiger partial charge in [-0.25, -0.2) is 0 Å². The number of non-ortho nitro benzene ring substituents is 1. The zero-order chi connectivity index (χ0) is 16.4. The fourth-order valence-corrected chi connectivity index (χ4v) is 2.80. The molecule has 5 nitrogen and oxygen atoms in total. The van der Waals surface area contributed by atoms with Gasteiger partial charge in [-0.15, -0.1) is 0 Å². The van der Waals surface area contributed by atoms with Gasteiger partial charge in [-0.1, -0.05) is 42.5 Å². The molecule has 116 valence electrons. The highest BCUT2D eigenvalue weighted by molar-refractivity contribution is 5.70. The Morgan fingerprint density at radius 3 is 2.52 bits per heavy atom. The van der Waals surface area contributed by atoms with Crippen LogP contribution in [0.15, 0.2) is 54.6 Å². The van der Waals surface area contributed by atoms with E-state index in [1.807, 2.05) is 42.8 Å². The molecule has 0 aliphatic rings. The topological polar surface area (TPSA) is 61.0 Å². The SMILES string of the molecule is Cc1nn(Cc2ccccc2)c(C)c1-c1cccc([N+](=O)[O-])c1. The molecule has 3 aromatic rings. The van der Waals surface area contributed by atoms with Gasteiger partial charge in [0.25, 0.3) is 5.69 Å². The molecular weight excluding hydrogens is 290 g/mol. The van der Waals surface area contributed by atoms with E-state index in [4.69, 9.17) is 0 Å². The van der Waals surface area contributed by atoms with Crippen molar-refractivity contribution in [1.82, 2.24) is 9.78 Å². The lowest BCUT2D eigenvalue weighted by Gasteiger charge is -2.06. The minimum absolute atomic E-state index is 0.0945. The third kappa shape index (κ3) is 2.99. The number of nitro benzene ring substituents is 1. The number of aryl methyl sites for hydroxylation is 1. The highest BCUT2D eigenvalue weighted by atomic mass is 16.6. The van der Waals surface area contributed by atoms with Crippen LogP contribution in [0.1, 0.15) is 17.0 Å². The predicted octanol–water partition coefficient (Wildman–Crippen LogP) is 4.12. The molecule has 1 heterocycles. The van der Waals surface area contributed by atoms with Gasteiger partial charge in [0, 0.05) is 23.4 Å². The van der Waals surface area contributed by atoms with Crippen molar-refractivity contribution in [2.75, 3.05) is 0 Å². The van der Waals surface area contributed by atoms with Gasteiger partial charge in [0.05, 0.1) is 17.2 Å². The van der Waals surface area contributed by atoms with Crippen molar-refractivity contribution in [3.8, 4) is 11.1 Å². The Kier molecular flexibility index (Phi) is 3.93. The Hall–Kier alpha value is -2.95. The van der Waals surface area contributed by atoms with Gasteiger partial charge in [0.1, 0.15) is 0 Å². The summed E-state index contributed by atoms with van der Waals surface area (Å²) in [7, 11) is 0. The van der Waals surface area contributed by atoms with Crippen molar-refractivity contribution >= 4 is 5.69 Å². The maximum Gasteiger partial charge on any atom is 0.270 e. The van der Waals surface area contributed by atoms with Crippen molar-refractivity contribution < 1.29 is 4.92 Å². The summed E-state index contributed by atoms with van der Waals surface area (Å²) < 4.78 is 1.94. The van der Waals surface area contributed by atoms with Crippen LogP contribution < -0.4 is 0 Å². The summed E-state index contributed by atoms with van der Waals surface area (Å²) in [6, 6.07) is 16.8. The third-order valence-electron chi connectivity index (χ3n) is 3.90. The summed E-state index contributed by atoms with van der Waals surface area (Å²) in [5, 5.41) is 15.6. The van der Waals surface area contributed by atoms with Crippen LogP contribution in [0.2, 0.25) is 0 Å². The Morgan fingerprint density at radius 1 is 1.09 bits per heavy atom. The number of nitro groups is 1. The molecule has 5 heteroatoms. The number of hydrogen-bond acceptors (Lipinski definition) is 3. The van der Waals surface area contributed by atoms with Crippen LogP contribution in [0, 0.1) is 24.0 Å². The van der Waals surface area contributed by atoms with Gasteiger partial charge in [-0.3, -0.25) is 14.8 Å². The number of benzene rings is 2. The van der Waals surface area contributed by atoms with Gasteiger partial charge in [-0.2, -0.15) is 5.10 Å². The van der Waals surface area contributed by atoms with E-state index in [2.05, 4.69) is 17.2 Å². The monoisotopic (exact) mass is 307 g/mol. The second-order valence-corrected chi connectivity index (χ2v) is 5.50. The lowest BCUT2D eigenvalue weighted by Crippen LogP contribution is -2.03. The van der Waals surface area contributed by atoms with Crippen LogP contribution in [-0.4, -0.2) is 14.7 Å². The van der Waals surface area contributed by atoms with Crippen LogP contribution in [-0.2, 0) is 6.54 Å². The second-order valence-electron chi connectivity index (χ2n) is 5.50. The molecule has 0 bridgehead atoms. The van der Waals surface area contributed by atoms with Crippen molar-refractivity contribution in [3.05, 3.63) is 81.7 Å². The van der Waals surface area contributed by atoms with Crippen LogP contribution >= 0.6 is 0 Å². The molecule has 0 fully saturated rings. The van der Waals surface area contributed by atoms with Gasteiger partial charge >= 0.3 is 0 Å². The normalized spacial score (nSPS) is 10.7. The Labute approximate surface area is 134 Å². The summed E-state index contributed by atoms with van der Waals surface area (Å²) >= 11 is 0. The Morgan fingerprint density at radius 2 is 1.83 bits per heavy atom. The molecule has 0 saturated carbocycles. The molecule has 0 N–H and O–H groups in total. The highest BCUT2D eigenvalue weighted by Gasteiger charge is 2.16. The molecule has 0 spiro atoms. The first-order valence-electron chi connectivity index (χ1n) is 7.39. The van der Waals surface area contributed by atoms with Gasteiger partial charge in [0.15, 0.2) is 0 Å². The van der Waals surface area contributed by atoms with Gasteiger partial charge < -0.3 is 0 Å². The molecule has 0 atom stereocenters. The van der Waals surface area contributed by atoms with E-state index in [1.165, 1.54) is 11.6 Å². The quantitative estimate of drug-likeness (QED) is 0.538. The number of nitrogens with zero attached hydrogens (tertiary/aromatic N) is 3. The number of rotatable bonds is 4. The van der Waals surface area contributed by atoms with Crippen molar-refractivity contribution in [2.24, 2.45) is 0 Å². The van der Waals surface area contributed by atoms with Gasteiger partial charge in [0.2, 0.25) is 0 Å².